The Bertz CT molecular complexity index is 596. The molecule has 0 aliphatic heterocycles. The summed E-state index contributed by atoms with van der Waals surface area (Å²) in [5.41, 5.74) is -0.265. The van der Waals surface area contributed by atoms with Crippen molar-refractivity contribution >= 4 is 35.0 Å². The maximum absolute atomic E-state index is 11.4. The summed E-state index contributed by atoms with van der Waals surface area (Å²) in [5.74, 6) is 0. The van der Waals surface area contributed by atoms with Gasteiger partial charge in [0.25, 0.3) is 0 Å². The van der Waals surface area contributed by atoms with Crippen LogP contribution in [-0.4, -0.2) is 25.0 Å². The molecule has 2 aromatic heterocycles. The summed E-state index contributed by atoms with van der Waals surface area (Å²) in [6.07, 6.45) is 0. The molecule has 2 rings (SSSR count). The first-order valence-electron chi connectivity index (χ1n) is 4.63. The lowest BCUT2D eigenvalue weighted by molar-refractivity contribution is 0.660. The molecule has 0 amide bonds. The molecule has 0 unspecified atom stereocenters. The molecule has 0 saturated carbocycles. The van der Waals surface area contributed by atoms with Crippen LogP contribution in [0.3, 0.4) is 0 Å². The fourth-order valence-electron chi connectivity index (χ4n) is 1.17. The predicted octanol–water partition coefficient (Wildman–Crippen LogP) is 1.84. The second-order valence-electron chi connectivity index (χ2n) is 2.98. The van der Waals surface area contributed by atoms with Crippen LogP contribution in [-0.2, 0) is 6.54 Å². The first kappa shape index (κ1) is 12.4. The Morgan fingerprint density at radius 2 is 2.24 bits per heavy atom. The van der Waals surface area contributed by atoms with Crippen molar-refractivity contribution in [3.8, 4) is 0 Å². The Balaban J connectivity index is 2.37. The van der Waals surface area contributed by atoms with Gasteiger partial charge in [0.15, 0.2) is 15.5 Å². The minimum Gasteiger partial charge on any atom is -0.270 e. The van der Waals surface area contributed by atoms with Gasteiger partial charge >= 0.3 is 5.69 Å². The van der Waals surface area contributed by atoms with E-state index < -0.39 is 0 Å². The summed E-state index contributed by atoms with van der Waals surface area (Å²) in [6, 6.07) is 1.57. The molecule has 0 aliphatic rings. The van der Waals surface area contributed by atoms with Gasteiger partial charge in [-0.1, -0.05) is 23.2 Å². The quantitative estimate of drug-likeness (QED) is 0.934. The minimum absolute atomic E-state index is 0.220. The van der Waals surface area contributed by atoms with E-state index >= 15 is 0 Å². The van der Waals surface area contributed by atoms with Crippen LogP contribution < -0.4 is 5.69 Å². The highest BCUT2D eigenvalue weighted by Gasteiger charge is 2.12. The van der Waals surface area contributed by atoms with Crippen LogP contribution in [0, 0.1) is 0 Å². The molecule has 2 aromatic rings. The smallest absolute Gasteiger partial charge is 0.270 e. The van der Waals surface area contributed by atoms with Gasteiger partial charge in [0, 0.05) is 6.54 Å². The van der Waals surface area contributed by atoms with Crippen LogP contribution in [0.1, 0.15) is 6.92 Å². The number of hydrogen-bond donors (Lipinski definition) is 1. The van der Waals surface area contributed by atoms with Crippen LogP contribution in [0.15, 0.2) is 20.9 Å². The summed E-state index contributed by atoms with van der Waals surface area (Å²) in [5, 5.41) is 14.5. The number of hydrogen-bond acceptors (Lipinski definition) is 5. The number of aromatic nitrogens is 5. The topological polar surface area (TPSA) is 76.5 Å². The van der Waals surface area contributed by atoms with Gasteiger partial charge in [-0.15, -0.1) is 15.3 Å². The minimum atomic E-state index is -0.265. The lowest BCUT2D eigenvalue weighted by Gasteiger charge is -2.03. The molecule has 9 heteroatoms. The van der Waals surface area contributed by atoms with E-state index in [4.69, 9.17) is 23.2 Å². The third-order valence-electron chi connectivity index (χ3n) is 1.93. The van der Waals surface area contributed by atoms with E-state index in [0.29, 0.717) is 16.6 Å². The molecule has 0 bridgehead atoms. The summed E-state index contributed by atoms with van der Waals surface area (Å²) < 4.78 is 1.48. The monoisotopic (exact) mass is 291 g/mol. The zero-order valence-electron chi connectivity index (χ0n) is 8.65. The SMILES string of the molecule is CCn1c(Sc2cc(Cl)nnc2Cl)n[nH]c1=O. The van der Waals surface area contributed by atoms with E-state index in [0.717, 1.165) is 0 Å². The van der Waals surface area contributed by atoms with E-state index in [1.165, 1.54) is 16.3 Å². The molecule has 0 radical (unpaired) electrons. The zero-order chi connectivity index (χ0) is 12.4. The third-order valence-corrected chi connectivity index (χ3v) is 3.53. The van der Waals surface area contributed by atoms with Crippen LogP contribution in [0.4, 0.5) is 0 Å². The maximum Gasteiger partial charge on any atom is 0.343 e. The number of nitrogens with one attached hydrogen (secondary N) is 1. The van der Waals surface area contributed by atoms with Crippen molar-refractivity contribution in [3.05, 3.63) is 26.9 Å². The Morgan fingerprint density at radius 3 is 2.94 bits per heavy atom. The average molecular weight is 292 g/mol. The molecule has 2 heterocycles. The number of nitrogens with zero attached hydrogens (tertiary/aromatic N) is 4. The zero-order valence-corrected chi connectivity index (χ0v) is 11.0. The van der Waals surface area contributed by atoms with Gasteiger partial charge in [-0.2, -0.15) is 0 Å². The van der Waals surface area contributed by atoms with Crippen LogP contribution in [0.25, 0.3) is 0 Å². The molecule has 0 spiro atoms. The molecular formula is C8H7Cl2N5OS. The first-order chi connectivity index (χ1) is 8.11. The fraction of sp³-hybridized carbons (Fsp3) is 0.250. The third kappa shape index (κ3) is 2.62. The molecule has 0 fully saturated rings. The number of H-pyrrole nitrogens is 1. The maximum atomic E-state index is 11.4. The van der Waals surface area contributed by atoms with E-state index in [1.54, 1.807) is 6.07 Å². The van der Waals surface area contributed by atoms with Gasteiger partial charge < -0.3 is 0 Å². The van der Waals surface area contributed by atoms with Crippen molar-refractivity contribution in [1.29, 1.82) is 0 Å². The van der Waals surface area contributed by atoms with E-state index in [9.17, 15) is 4.79 Å². The van der Waals surface area contributed by atoms with Crippen molar-refractivity contribution in [2.24, 2.45) is 0 Å². The first-order valence-corrected chi connectivity index (χ1v) is 6.21. The van der Waals surface area contributed by atoms with E-state index in [-0.39, 0.29) is 16.0 Å². The molecule has 90 valence electrons. The Morgan fingerprint density at radius 1 is 1.47 bits per heavy atom. The van der Waals surface area contributed by atoms with Crippen LogP contribution in [0.2, 0.25) is 10.3 Å². The highest BCUT2D eigenvalue weighted by Crippen LogP contribution is 2.31. The summed E-state index contributed by atoms with van der Waals surface area (Å²) >= 11 is 12.8. The van der Waals surface area contributed by atoms with Gasteiger partial charge in [-0.3, -0.25) is 4.57 Å². The summed E-state index contributed by atoms with van der Waals surface area (Å²) in [7, 11) is 0. The van der Waals surface area contributed by atoms with Gasteiger partial charge in [0.05, 0.1) is 4.90 Å². The number of halogens is 2. The molecule has 1 N–H and O–H groups in total. The van der Waals surface area contributed by atoms with Gasteiger partial charge in [-0.05, 0) is 24.8 Å². The van der Waals surface area contributed by atoms with Crippen molar-refractivity contribution in [3.63, 3.8) is 0 Å². The lowest BCUT2D eigenvalue weighted by atomic mass is 10.6. The Labute approximate surface area is 110 Å². The molecule has 17 heavy (non-hydrogen) atoms. The second-order valence-corrected chi connectivity index (χ2v) is 4.73. The molecule has 0 aliphatic carbocycles. The van der Waals surface area contributed by atoms with Crippen molar-refractivity contribution < 1.29 is 0 Å². The number of rotatable bonds is 3. The fourth-order valence-corrected chi connectivity index (χ4v) is 2.49. The van der Waals surface area contributed by atoms with E-state index in [2.05, 4.69) is 20.4 Å². The standard InChI is InChI=1S/C8H7Cl2N5OS/c1-2-15-7(16)13-14-8(15)17-4-3-5(9)11-12-6(4)10/h3H,2H2,1H3,(H,13,16). The molecule has 0 atom stereocenters. The predicted molar refractivity (Wildman–Crippen MR) is 64.7 cm³/mol. The largest absolute Gasteiger partial charge is 0.343 e. The van der Waals surface area contributed by atoms with Gasteiger partial charge in [-0.25, -0.2) is 9.89 Å². The summed E-state index contributed by atoms with van der Waals surface area (Å²) in [4.78, 5) is 12.0. The Kier molecular flexibility index (Phi) is 3.70. The average Bonchev–Trinajstić information content (AvgIpc) is 2.64. The van der Waals surface area contributed by atoms with Gasteiger partial charge in [0.1, 0.15) is 0 Å². The number of aromatic amines is 1. The van der Waals surface area contributed by atoms with Gasteiger partial charge in [0.2, 0.25) is 0 Å². The Hall–Kier alpha value is -1.05. The van der Waals surface area contributed by atoms with Crippen molar-refractivity contribution in [2.45, 2.75) is 23.5 Å². The molecule has 6 nitrogen and oxygen atoms in total. The lowest BCUT2D eigenvalue weighted by Crippen LogP contribution is -2.16. The highest BCUT2D eigenvalue weighted by atomic mass is 35.5. The highest BCUT2D eigenvalue weighted by molar-refractivity contribution is 7.99. The van der Waals surface area contributed by atoms with Crippen LogP contribution >= 0.6 is 35.0 Å². The molecule has 0 aromatic carbocycles. The van der Waals surface area contributed by atoms with Crippen molar-refractivity contribution in [2.75, 3.05) is 0 Å². The van der Waals surface area contributed by atoms with E-state index in [1.807, 2.05) is 6.92 Å². The second kappa shape index (κ2) is 5.07. The van der Waals surface area contributed by atoms with Crippen LogP contribution in [0.5, 0.6) is 0 Å². The molecule has 0 saturated heterocycles. The molecular weight excluding hydrogens is 285 g/mol. The van der Waals surface area contributed by atoms with Crippen molar-refractivity contribution in [1.82, 2.24) is 25.0 Å². The normalized spacial score (nSPS) is 10.8. The summed E-state index contributed by atoms with van der Waals surface area (Å²) in [6.45, 7) is 2.36.